The molecular formula is C19H19ClF2N2O. The molecule has 2 aromatic carbocycles. The highest BCUT2D eigenvalue weighted by molar-refractivity contribution is 6.31. The molecule has 0 atom stereocenters. The number of amides is 1. The number of nitrogens with zero attached hydrogens (tertiary/aromatic N) is 1. The highest BCUT2D eigenvalue weighted by Crippen LogP contribution is 2.25. The van der Waals surface area contributed by atoms with Crippen LogP contribution in [0.25, 0.3) is 0 Å². The van der Waals surface area contributed by atoms with E-state index in [2.05, 4.69) is 5.32 Å². The lowest BCUT2D eigenvalue weighted by Crippen LogP contribution is -2.25. The molecule has 1 amide bonds. The van der Waals surface area contributed by atoms with Crippen LogP contribution in [0.3, 0.4) is 0 Å². The van der Waals surface area contributed by atoms with Crippen LogP contribution in [-0.2, 0) is 0 Å². The van der Waals surface area contributed by atoms with E-state index in [0.29, 0.717) is 16.9 Å². The van der Waals surface area contributed by atoms with Gasteiger partial charge in [0.05, 0.1) is 10.7 Å². The Balaban J connectivity index is 1.80. The van der Waals surface area contributed by atoms with Gasteiger partial charge in [0.1, 0.15) is 11.6 Å². The molecule has 25 heavy (non-hydrogen) atoms. The predicted molar refractivity (Wildman–Crippen MR) is 96.4 cm³/mol. The minimum absolute atomic E-state index is 0.0674. The van der Waals surface area contributed by atoms with E-state index >= 15 is 0 Å². The van der Waals surface area contributed by atoms with Crippen molar-refractivity contribution in [3.05, 3.63) is 58.6 Å². The Morgan fingerprint density at radius 1 is 0.960 bits per heavy atom. The summed E-state index contributed by atoms with van der Waals surface area (Å²) < 4.78 is 27.4. The van der Waals surface area contributed by atoms with Crippen LogP contribution in [0.15, 0.2) is 36.4 Å². The normalized spacial score (nSPS) is 14.9. The summed E-state index contributed by atoms with van der Waals surface area (Å²) in [5.41, 5.74) is 1.19. The van der Waals surface area contributed by atoms with Gasteiger partial charge in [-0.1, -0.05) is 24.4 Å². The molecule has 0 saturated carbocycles. The van der Waals surface area contributed by atoms with Gasteiger partial charge in [-0.25, -0.2) is 8.78 Å². The lowest BCUT2D eigenvalue weighted by atomic mass is 10.1. The second kappa shape index (κ2) is 7.83. The third-order valence-corrected chi connectivity index (χ3v) is 4.62. The first kappa shape index (κ1) is 17.7. The van der Waals surface area contributed by atoms with Crippen LogP contribution in [0.2, 0.25) is 5.02 Å². The summed E-state index contributed by atoms with van der Waals surface area (Å²) in [5.74, 6) is -1.27. The smallest absolute Gasteiger partial charge is 0.255 e. The van der Waals surface area contributed by atoms with Gasteiger partial charge in [-0.2, -0.15) is 0 Å². The van der Waals surface area contributed by atoms with Crippen LogP contribution in [0.4, 0.5) is 20.2 Å². The second-order valence-corrected chi connectivity index (χ2v) is 6.56. The fourth-order valence-electron chi connectivity index (χ4n) is 2.98. The first-order valence-electron chi connectivity index (χ1n) is 8.35. The van der Waals surface area contributed by atoms with E-state index in [1.807, 2.05) is 4.90 Å². The Bertz CT molecular complexity index is 774. The van der Waals surface area contributed by atoms with E-state index in [-0.39, 0.29) is 10.8 Å². The summed E-state index contributed by atoms with van der Waals surface area (Å²) >= 11 is 5.72. The zero-order chi connectivity index (χ0) is 17.8. The summed E-state index contributed by atoms with van der Waals surface area (Å²) in [7, 11) is 0. The molecular weight excluding hydrogens is 346 g/mol. The molecule has 0 aromatic heterocycles. The summed E-state index contributed by atoms with van der Waals surface area (Å²) in [6.45, 7) is 1.57. The number of hydrogen-bond donors (Lipinski definition) is 1. The molecule has 0 bridgehead atoms. The third-order valence-electron chi connectivity index (χ3n) is 4.33. The molecule has 0 unspecified atom stereocenters. The fraction of sp³-hybridized carbons (Fsp3) is 0.316. The molecule has 1 fully saturated rings. The summed E-state index contributed by atoms with van der Waals surface area (Å²) in [6.07, 6.45) is 4.32. The first-order valence-corrected chi connectivity index (χ1v) is 8.73. The minimum Gasteiger partial charge on any atom is -0.369 e. The average molecular weight is 365 g/mol. The zero-order valence-corrected chi connectivity index (χ0v) is 14.5. The fourth-order valence-corrected chi connectivity index (χ4v) is 3.17. The Hall–Kier alpha value is -2.14. The summed E-state index contributed by atoms with van der Waals surface area (Å²) in [5, 5.41) is 2.59. The maximum Gasteiger partial charge on any atom is 0.255 e. The highest BCUT2D eigenvalue weighted by Gasteiger charge is 2.17. The van der Waals surface area contributed by atoms with Gasteiger partial charge in [-0.05, 0) is 49.2 Å². The molecule has 0 spiro atoms. The van der Waals surface area contributed by atoms with Gasteiger partial charge >= 0.3 is 0 Å². The van der Waals surface area contributed by atoms with Crippen molar-refractivity contribution in [2.45, 2.75) is 25.7 Å². The van der Waals surface area contributed by atoms with Crippen LogP contribution in [-0.4, -0.2) is 19.0 Å². The van der Waals surface area contributed by atoms with Crippen molar-refractivity contribution in [1.82, 2.24) is 0 Å². The molecule has 3 rings (SSSR count). The van der Waals surface area contributed by atoms with Crippen molar-refractivity contribution in [1.29, 1.82) is 0 Å². The van der Waals surface area contributed by atoms with E-state index in [9.17, 15) is 13.6 Å². The molecule has 1 heterocycles. The van der Waals surface area contributed by atoms with E-state index in [1.165, 1.54) is 30.3 Å². The zero-order valence-electron chi connectivity index (χ0n) is 13.7. The van der Waals surface area contributed by atoms with Gasteiger partial charge in [0.15, 0.2) is 0 Å². The van der Waals surface area contributed by atoms with Crippen LogP contribution in [0.1, 0.15) is 36.0 Å². The number of carbonyl (C=O) groups is 1. The van der Waals surface area contributed by atoms with Crippen molar-refractivity contribution in [2.24, 2.45) is 0 Å². The Kier molecular flexibility index (Phi) is 5.53. The lowest BCUT2D eigenvalue weighted by molar-refractivity contribution is 0.102. The van der Waals surface area contributed by atoms with Crippen LogP contribution in [0, 0.1) is 11.6 Å². The molecule has 3 nitrogen and oxygen atoms in total. The molecule has 2 aromatic rings. The van der Waals surface area contributed by atoms with Crippen LogP contribution in [0.5, 0.6) is 0 Å². The molecule has 1 aliphatic rings. The number of halogens is 3. The monoisotopic (exact) mass is 364 g/mol. The number of rotatable bonds is 3. The minimum atomic E-state index is -0.551. The molecule has 6 heteroatoms. The molecule has 0 aliphatic carbocycles. The van der Waals surface area contributed by atoms with Crippen LogP contribution < -0.4 is 10.2 Å². The van der Waals surface area contributed by atoms with Gasteiger partial charge in [0.2, 0.25) is 0 Å². The van der Waals surface area contributed by atoms with Crippen molar-refractivity contribution in [2.75, 3.05) is 23.3 Å². The largest absolute Gasteiger partial charge is 0.369 e. The van der Waals surface area contributed by atoms with Crippen molar-refractivity contribution in [3.8, 4) is 0 Å². The molecule has 1 saturated heterocycles. The number of hydrogen-bond acceptors (Lipinski definition) is 2. The van der Waals surface area contributed by atoms with Crippen molar-refractivity contribution in [3.63, 3.8) is 0 Å². The van der Waals surface area contributed by atoms with Crippen molar-refractivity contribution >= 4 is 28.9 Å². The lowest BCUT2D eigenvalue weighted by Gasteiger charge is -2.23. The standard InChI is InChI=1S/C19H19ClF2N2O/c20-15-12-14(6-8-16(15)21)23-19(25)13-5-7-17(22)18(11-13)24-9-3-1-2-4-10-24/h5-8,11-12H,1-4,9-10H2,(H,23,25). The van der Waals surface area contributed by atoms with Gasteiger partial charge in [-0.15, -0.1) is 0 Å². The van der Waals surface area contributed by atoms with Crippen molar-refractivity contribution < 1.29 is 13.6 Å². The van der Waals surface area contributed by atoms with Gasteiger partial charge in [0, 0.05) is 24.3 Å². The van der Waals surface area contributed by atoms with Gasteiger partial charge in [-0.3, -0.25) is 4.79 Å². The number of benzene rings is 2. The highest BCUT2D eigenvalue weighted by atomic mass is 35.5. The first-order chi connectivity index (χ1) is 12.0. The van der Waals surface area contributed by atoms with Gasteiger partial charge < -0.3 is 10.2 Å². The average Bonchev–Trinajstić information content (AvgIpc) is 2.88. The number of carbonyl (C=O) groups excluding carboxylic acids is 1. The predicted octanol–water partition coefficient (Wildman–Crippen LogP) is 5.25. The maximum absolute atomic E-state index is 14.2. The SMILES string of the molecule is O=C(Nc1ccc(F)c(Cl)c1)c1ccc(F)c(N2CCCCCC2)c1. The summed E-state index contributed by atoms with van der Waals surface area (Å²) in [6, 6.07) is 8.28. The molecule has 0 radical (unpaired) electrons. The second-order valence-electron chi connectivity index (χ2n) is 6.15. The molecule has 1 N–H and O–H groups in total. The van der Waals surface area contributed by atoms with E-state index in [1.54, 1.807) is 6.07 Å². The number of nitrogens with one attached hydrogen (secondary N) is 1. The van der Waals surface area contributed by atoms with Crippen LogP contribution >= 0.6 is 11.6 Å². The van der Waals surface area contributed by atoms with Gasteiger partial charge in [0.25, 0.3) is 5.91 Å². The Morgan fingerprint density at radius 3 is 2.32 bits per heavy atom. The summed E-state index contributed by atoms with van der Waals surface area (Å²) in [4.78, 5) is 14.4. The Labute approximate surface area is 150 Å². The quantitative estimate of drug-likeness (QED) is 0.806. The number of anilines is 2. The van der Waals surface area contributed by atoms with E-state index in [4.69, 9.17) is 11.6 Å². The molecule has 1 aliphatic heterocycles. The molecule has 132 valence electrons. The maximum atomic E-state index is 14.2. The van der Waals surface area contributed by atoms with E-state index in [0.717, 1.165) is 38.8 Å². The Morgan fingerprint density at radius 2 is 1.64 bits per heavy atom. The topological polar surface area (TPSA) is 32.3 Å². The van der Waals surface area contributed by atoms with E-state index < -0.39 is 11.7 Å². The third kappa shape index (κ3) is 4.28.